The minimum absolute atomic E-state index is 0.176. The van der Waals surface area contributed by atoms with E-state index in [1.54, 1.807) is 36.5 Å². The summed E-state index contributed by atoms with van der Waals surface area (Å²) < 4.78 is 7.61. The van der Waals surface area contributed by atoms with E-state index in [9.17, 15) is 4.79 Å². The van der Waals surface area contributed by atoms with E-state index in [4.69, 9.17) is 4.74 Å². The molecule has 0 saturated heterocycles. The predicted molar refractivity (Wildman–Crippen MR) is 130 cm³/mol. The van der Waals surface area contributed by atoms with Crippen molar-refractivity contribution in [3.8, 4) is 28.6 Å². The molecule has 0 aliphatic carbocycles. The van der Waals surface area contributed by atoms with Crippen LogP contribution in [0.15, 0.2) is 103 Å². The molecule has 5 aromatic rings. The van der Waals surface area contributed by atoms with Gasteiger partial charge >= 0.3 is 0 Å². The molecule has 2 heterocycles. The minimum atomic E-state index is -0.176. The number of carbonyl (C=O) groups excluding carboxylic acids is 1. The van der Waals surface area contributed by atoms with E-state index in [-0.39, 0.29) is 5.91 Å². The third-order valence-corrected chi connectivity index (χ3v) is 5.29. The van der Waals surface area contributed by atoms with Gasteiger partial charge in [0.05, 0.1) is 0 Å². The van der Waals surface area contributed by atoms with Crippen LogP contribution >= 0.6 is 0 Å². The Labute approximate surface area is 196 Å². The van der Waals surface area contributed by atoms with Gasteiger partial charge < -0.3 is 10.1 Å². The fraction of sp³-hybridized carbons (Fsp3) is 0.0370. The summed E-state index contributed by atoms with van der Waals surface area (Å²) in [6, 6.07) is 28.2. The number of benzene rings is 3. The van der Waals surface area contributed by atoms with Crippen LogP contribution in [-0.2, 0) is 0 Å². The molecule has 3 aromatic carbocycles. The quantitative estimate of drug-likeness (QED) is 0.362. The third-order valence-electron chi connectivity index (χ3n) is 5.29. The first-order valence-electron chi connectivity index (χ1n) is 10.7. The van der Waals surface area contributed by atoms with Gasteiger partial charge in [-0.25, -0.2) is 4.98 Å². The van der Waals surface area contributed by atoms with Gasteiger partial charge in [-0.15, -0.1) is 10.2 Å². The molecule has 2 aromatic heterocycles. The monoisotopic (exact) mass is 447 g/mol. The molecule has 0 saturated carbocycles. The number of aromatic nitrogens is 4. The van der Waals surface area contributed by atoms with Crippen molar-refractivity contribution in [3.05, 3.63) is 115 Å². The second kappa shape index (κ2) is 9.38. The Morgan fingerprint density at radius 3 is 2.21 bits per heavy atom. The van der Waals surface area contributed by atoms with E-state index in [1.807, 2.05) is 78.4 Å². The number of nitrogens with zero attached hydrogens (tertiary/aromatic N) is 4. The second-order valence-corrected chi connectivity index (χ2v) is 7.60. The number of hydrogen-bond acceptors (Lipinski definition) is 5. The summed E-state index contributed by atoms with van der Waals surface area (Å²) in [5.41, 5.74) is 3.43. The van der Waals surface area contributed by atoms with Crippen LogP contribution < -0.4 is 10.1 Å². The lowest BCUT2D eigenvalue weighted by Gasteiger charge is -2.09. The maximum Gasteiger partial charge on any atom is 0.255 e. The zero-order valence-electron chi connectivity index (χ0n) is 18.4. The number of anilines is 1. The lowest BCUT2D eigenvalue weighted by Crippen LogP contribution is -2.11. The van der Waals surface area contributed by atoms with E-state index >= 15 is 0 Å². The molecule has 0 aliphatic heterocycles. The summed E-state index contributed by atoms with van der Waals surface area (Å²) in [4.78, 5) is 16.8. The molecule has 0 unspecified atom stereocenters. The van der Waals surface area contributed by atoms with Crippen molar-refractivity contribution in [2.45, 2.75) is 6.92 Å². The first-order valence-corrected chi connectivity index (χ1v) is 10.7. The van der Waals surface area contributed by atoms with Gasteiger partial charge in [-0.05, 0) is 60.5 Å². The van der Waals surface area contributed by atoms with Gasteiger partial charge in [0.15, 0.2) is 5.82 Å². The standard InChI is InChI=1S/C27H21N5O2/c1-19-28-17-18-32(19)25-15-16-26(31-30-25)34-24-13-11-23(12-14-24)29-27(33)22-9-7-21(8-10-22)20-5-3-2-4-6-20/h2-18H,1H3,(H,29,33). The zero-order valence-corrected chi connectivity index (χ0v) is 18.4. The van der Waals surface area contributed by atoms with Crippen molar-refractivity contribution in [1.82, 2.24) is 19.7 Å². The SMILES string of the molecule is Cc1nccn1-c1ccc(Oc2ccc(NC(=O)c3ccc(-c4ccccc4)cc3)cc2)nn1. The highest BCUT2D eigenvalue weighted by Crippen LogP contribution is 2.23. The van der Waals surface area contributed by atoms with Crippen LogP contribution in [0.4, 0.5) is 5.69 Å². The Bertz CT molecular complexity index is 1390. The maximum absolute atomic E-state index is 12.6. The van der Waals surface area contributed by atoms with Crippen LogP contribution in [0.3, 0.4) is 0 Å². The molecule has 0 bridgehead atoms. The third kappa shape index (κ3) is 4.68. The Morgan fingerprint density at radius 1 is 0.824 bits per heavy atom. The van der Waals surface area contributed by atoms with Crippen LogP contribution in [-0.4, -0.2) is 25.7 Å². The molecule has 1 N–H and O–H groups in total. The molecular formula is C27H21N5O2. The van der Waals surface area contributed by atoms with Crippen molar-refractivity contribution in [2.24, 2.45) is 0 Å². The average Bonchev–Trinajstić information content (AvgIpc) is 3.32. The van der Waals surface area contributed by atoms with E-state index < -0.39 is 0 Å². The number of nitrogens with one attached hydrogen (secondary N) is 1. The molecule has 166 valence electrons. The highest BCUT2D eigenvalue weighted by molar-refractivity contribution is 6.04. The Balaban J connectivity index is 1.20. The van der Waals surface area contributed by atoms with Crippen LogP contribution in [0.5, 0.6) is 11.6 Å². The maximum atomic E-state index is 12.6. The topological polar surface area (TPSA) is 81.9 Å². The van der Waals surface area contributed by atoms with E-state index in [1.165, 1.54) is 0 Å². The molecule has 0 fully saturated rings. The van der Waals surface area contributed by atoms with Crippen molar-refractivity contribution in [3.63, 3.8) is 0 Å². The van der Waals surface area contributed by atoms with Gasteiger partial charge in [0.1, 0.15) is 11.6 Å². The van der Waals surface area contributed by atoms with Crippen LogP contribution in [0.2, 0.25) is 0 Å². The number of ether oxygens (including phenoxy) is 1. The van der Waals surface area contributed by atoms with Crippen LogP contribution in [0, 0.1) is 6.92 Å². The van der Waals surface area contributed by atoms with Crippen molar-refractivity contribution < 1.29 is 9.53 Å². The molecule has 0 radical (unpaired) electrons. The lowest BCUT2D eigenvalue weighted by atomic mass is 10.0. The normalized spacial score (nSPS) is 10.6. The molecule has 34 heavy (non-hydrogen) atoms. The smallest absolute Gasteiger partial charge is 0.255 e. The Hall–Kier alpha value is -4.78. The summed E-state index contributed by atoms with van der Waals surface area (Å²) >= 11 is 0. The van der Waals surface area contributed by atoms with E-state index in [0.717, 1.165) is 17.0 Å². The van der Waals surface area contributed by atoms with Gasteiger partial charge in [0.25, 0.3) is 5.91 Å². The first kappa shape index (κ1) is 21.1. The summed E-state index contributed by atoms with van der Waals surface area (Å²) in [6.07, 6.45) is 3.53. The highest BCUT2D eigenvalue weighted by Gasteiger charge is 2.08. The number of aryl methyl sites for hydroxylation is 1. The minimum Gasteiger partial charge on any atom is -0.438 e. The first-order chi connectivity index (χ1) is 16.7. The molecule has 1 amide bonds. The molecule has 0 aliphatic rings. The summed E-state index contributed by atoms with van der Waals surface area (Å²) in [5, 5.41) is 11.2. The second-order valence-electron chi connectivity index (χ2n) is 7.60. The van der Waals surface area contributed by atoms with Gasteiger partial charge in [-0.2, -0.15) is 0 Å². The van der Waals surface area contributed by atoms with Gasteiger partial charge in [-0.3, -0.25) is 9.36 Å². The number of amides is 1. The molecule has 0 spiro atoms. The molecular weight excluding hydrogens is 426 g/mol. The summed E-state index contributed by atoms with van der Waals surface area (Å²) in [5.74, 6) is 2.28. The fourth-order valence-corrected chi connectivity index (χ4v) is 3.49. The average molecular weight is 447 g/mol. The Kier molecular flexibility index (Phi) is 5.82. The van der Waals surface area contributed by atoms with Gasteiger partial charge in [0.2, 0.25) is 5.88 Å². The van der Waals surface area contributed by atoms with E-state index in [2.05, 4.69) is 20.5 Å². The molecule has 7 heteroatoms. The number of imidazole rings is 1. The van der Waals surface area contributed by atoms with Crippen LogP contribution in [0.25, 0.3) is 16.9 Å². The van der Waals surface area contributed by atoms with Crippen molar-refractivity contribution >= 4 is 11.6 Å². The fourth-order valence-electron chi connectivity index (χ4n) is 3.49. The predicted octanol–water partition coefficient (Wildman–Crippen LogP) is 5.68. The molecule has 5 rings (SSSR count). The number of carbonyl (C=O) groups is 1. The molecule has 0 atom stereocenters. The van der Waals surface area contributed by atoms with Crippen molar-refractivity contribution in [1.29, 1.82) is 0 Å². The Morgan fingerprint density at radius 2 is 1.56 bits per heavy atom. The number of rotatable bonds is 6. The number of hydrogen-bond donors (Lipinski definition) is 1. The zero-order chi connectivity index (χ0) is 23.3. The summed E-state index contributed by atoms with van der Waals surface area (Å²) in [7, 11) is 0. The highest BCUT2D eigenvalue weighted by atomic mass is 16.5. The summed E-state index contributed by atoms with van der Waals surface area (Å²) in [6.45, 7) is 1.90. The molecule has 7 nitrogen and oxygen atoms in total. The van der Waals surface area contributed by atoms with Crippen molar-refractivity contribution in [2.75, 3.05) is 5.32 Å². The lowest BCUT2D eigenvalue weighted by molar-refractivity contribution is 0.102. The largest absolute Gasteiger partial charge is 0.438 e. The van der Waals surface area contributed by atoms with Gasteiger partial charge in [0, 0.05) is 29.7 Å². The van der Waals surface area contributed by atoms with Crippen LogP contribution in [0.1, 0.15) is 16.2 Å². The van der Waals surface area contributed by atoms with E-state index in [0.29, 0.717) is 28.7 Å². The van der Waals surface area contributed by atoms with Gasteiger partial charge in [-0.1, -0.05) is 42.5 Å².